The molecule has 0 aliphatic carbocycles. The van der Waals surface area contributed by atoms with Gasteiger partial charge in [0.1, 0.15) is 0 Å². The molecule has 0 N–H and O–H groups in total. The molecular weight excluding hydrogens is 334 g/mol. The highest BCUT2D eigenvalue weighted by Gasteiger charge is 2.20. The predicted octanol–water partition coefficient (Wildman–Crippen LogP) is 2.29. The van der Waals surface area contributed by atoms with Crippen molar-refractivity contribution in [2.75, 3.05) is 39.4 Å². The number of rotatable bonds is 5. The van der Waals surface area contributed by atoms with E-state index in [4.69, 9.17) is 22.1 Å². The number of benzene rings is 1. The number of likely N-dealkylation sites (tertiary alicyclic amines) is 1. The highest BCUT2D eigenvalue weighted by Crippen LogP contribution is 2.17. The standard InChI is InChI=1S/C18H25N5OS/c25-18-22(15-21-10-12-24-13-11-21)19-17(14-20-8-4-5-9-20)23(18)16-6-2-1-3-7-16/h1-3,6-7H,4-5,8-15H2. The van der Waals surface area contributed by atoms with Crippen LogP contribution in [0.1, 0.15) is 18.7 Å². The van der Waals surface area contributed by atoms with E-state index in [0.29, 0.717) is 0 Å². The Morgan fingerprint density at radius 3 is 2.40 bits per heavy atom. The van der Waals surface area contributed by atoms with Crippen molar-refractivity contribution in [2.45, 2.75) is 26.1 Å². The fraction of sp³-hybridized carbons (Fsp3) is 0.556. The molecule has 3 heterocycles. The molecule has 0 radical (unpaired) electrons. The molecule has 2 aliphatic rings. The van der Waals surface area contributed by atoms with E-state index in [1.165, 1.54) is 12.8 Å². The van der Waals surface area contributed by atoms with Gasteiger partial charge < -0.3 is 4.74 Å². The average molecular weight is 359 g/mol. The molecule has 2 fully saturated rings. The van der Waals surface area contributed by atoms with Crippen LogP contribution >= 0.6 is 12.2 Å². The van der Waals surface area contributed by atoms with Gasteiger partial charge >= 0.3 is 0 Å². The summed E-state index contributed by atoms with van der Waals surface area (Å²) in [6.07, 6.45) is 2.56. The van der Waals surface area contributed by atoms with Crippen LogP contribution < -0.4 is 0 Å². The van der Waals surface area contributed by atoms with Crippen molar-refractivity contribution in [3.63, 3.8) is 0 Å². The summed E-state index contributed by atoms with van der Waals surface area (Å²) in [5.74, 6) is 1.03. The third-order valence-electron chi connectivity index (χ3n) is 4.92. The van der Waals surface area contributed by atoms with E-state index in [1.54, 1.807) is 0 Å². The van der Waals surface area contributed by atoms with Gasteiger partial charge in [-0.2, -0.15) is 5.10 Å². The van der Waals surface area contributed by atoms with Gasteiger partial charge in [-0.15, -0.1) is 0 Å². The number of nitrogens with zero attached hydrogens (tertiary/aromatic N) is 5. The maximum Gasteiger partial charge on any atom is 0.203 e. The first kappa shape index (κ1) is 16.9. The zero-order chi connectivity index (χ0) is 17.1. The fourth-order valence-corrected chi connectivity index (χ4v) is 3.87. The number of aromatic nitrogens is 3. The largest absolute Gasteiger partial charge is 0.379 e. The third kappa shape index (κ3) is 3.84. The van der Waals surface area contributed by atoms with Crippen LogP contribution in [0.4, 0.5) is 0 Å². The molecule has 7 heteroatoms. The molecule has 4 rings (SSSR count). The van der Waals surface area contributed by atoms with Crippen LogP contribution in [-0.2, 0) is 18.0 Å². The van der Waals surface area contributed by atoms with E-state index < -0.39 is 0 Å². The van der Waals surface area contributed by atoms with Crippen molar-refractivity contribution in [1.29, 1.82) is 0 Å². The van der Waals surface area contributed by atoms with Crippen LogP contribution in [-0.4, -0.2) is 63.5 Å². The maximum atomic E-state index is 5.79. The second-order valence-electron chi connectivity index (χ2n) is 6.72. The molecule has 25 heavy (non-hydrogen) atoms. The van der Waals surface area contributed by atoms with E-state index in [9.17, 15) is 0 Å². The second kappa shape index (κ2) is 7.78. The number of hydrogen-bond acceptors (Lipinski definition) is 5. The molecule has 0 unspecified atom stereocenters. The van der Waals surface area contributed by atoms with Crippen LogP contribution in [0.5, 0.6) is 0 Å². The Morgan fingerprint density at radius 2 is 1.68 bits per heavy atom. The lowest BCUT2D eigenvalue weighted by atomic mass is 10.3. The smallest absolute Gasteiger partial charge is 0.203 e. The van der Waals surface area contributed by atoms with E-state index in [1.807, 2.05) is 10.7 Å². The number of hydrogen-bond donors (Lipinski definition) is 0. The Hall–Kier alpha value is -1.54. The Kier molecular flexibility index (Phi) is 5.26. The van der Waals surface area contributed by atoms with Gasteiger partial charge in [-0.3, -0.25) is 14.4 Å². The Balaban J connectivity index is 1.65. The number of morpholine rings is 1. The summed E-state index contributed by atoms with van der Waals surface area (Å²) in [6.45, 7) is 7.32. The lowest BCUT2D eigenvalue weighted by Crippen LogP contribution is -2.37. The van der Waals surface area contributed by atoms with Crippen LogP contribution in [0, 0.1) is 4.77 Å². The van der Waals surface area contributed by atoms with Crippen LogP contribution in [0.2, 0.25) is 0 Å². The second-order valence-corrected chi connectivity index (χ2v) is 7.09. The summed E-state index contributed by atoms with van der Waals surface area (Å²) >= 11 is 5.79. The Labute approximate surface area is 153 Å². The molecule has 0 saturated carbocycles. The van der Waals surface area contributed by atoms with Crippen molar-refractivity contribution in [3.05, 3.63) is 40.9 Å². The summed E-state index contributed by atoms with van der Waals surface area (Å²) in [4.78, 5) is 4.82. The van der Waals surface area contributed by atoms with Gasteiger partial charge in [0.05, 0.1) is 26.4 Å². The SMILES string of the molecule is S=c1n(CN2CCOCC2)nc(CN2CCCC2)n1-c1ccccc1. The van der Waals surface area contributed by atoms with Crippen molar-refractivity contribution < 1.29 is 4.74 Å². The zero-order valence-electron chi connectivity index (χ0n) is 14.5. The molecule has 2 aromatic rings. The van der Waals surface area contributed by atoms with E-state index >= 15 is 0 Å². The highest BCUT2D eigenvalue weighted by atomic mass is 32.1. The van der Waals surface area contributed by atoms with E-state index in [0.717, 1.165) is 68.9 Å². The first-order valence-corrected chi connectivity index (χ1v) is 9.49. The summed E-state index contributed by atoms with van der Waals surface area (Å²) in [5, 5.41) is 4.90. The van der Waals surface area contributed by atoms with Crippen LogP contribution in [0.25, 0.3) is 5.69 Å². The van der Waals surface area contributed by atoms with Gasteiger partial charge in [0, 0.05) is 18.8 Å². The van der Waals surface area contributed by atoms with Crippen LogP contribution in [0.15, 0.2) is 30.3 Å². The molecule has 0 atom stereocenters. The average Bonchev–Trinajstić information content (AvgIpc) is 3.26. The van der Waals surface area contributed by atoms with Crippen molar-refractivity contribution >= 4 is 12.2 Å². The van der Waals surface area contributed by atoms with Crippen molar-refractivity contribution in [1.82, 2.24) is 24.1 Å². The minimum atomic E-state index is 0.731. The maximum absolute atomic E-state index is 5.79. The lowest BCUT2D eigenvalue weighted by molar-refractivity contribution is 0.0209. The molecular formula is C18H25N5OS. The molecule has 2 aliphatic heterocycles. The molecule has 2 saturated heterocycles. The zero-order valence-corrected chi connectivity index (χ0v) is 15.3. The van der Waals surface area contributed by atoms with Crippen LogP contribution in [0.3, 0.4) is 0 Å². The third-order valence-corrected chi connectivity index (χ3v) is 5.32. The Bertz CT molecular complexity index is 745. The van der Waals surface area contributed by atoms with Gasteiger partial charge in [0.2, 0.25) is 4.77 Å². The molecule has 1 aromatic heterocycles. The normalized spacial score (nSPS) is 19.5. The summed E-state index contributed by atoms with van der Waals surface area (Å²) in [5.41, 5.74) is 1.09. The molecule has 0 bridgehead atoms. The first-order valence-electron chi connectivity index (χ1n) is 9.08. The molecule has 134 valence electrons. The highest BCUT2D eigenvalue weighted by molar-refractivity contribution is 7.71. The van der Waals surface area contributed by atoms with Gasteiger partial charge in [-0.1, -0.05) is 18.2 Å². The van der Waals surface area contributed by atoms with Gasteiger partial charge in [-0.25, -0.2) is 4.68 Å². The van der Waals surface area contributed by atoms with Crippen molar-refractivity contribution in [2.24, 2.45) is 0 Å². The Morgan fingerprint density at radius 1 is 0.960 bits per heavy atom. The molecule has 0 spiro atoms. The molecule has 6 nitrogen and oxygen atoms in total. The molecule has 0 amide bonds. The van der Waals surface area contributed by atoms with E-state index in [-0.39, 0.29) is 0 Å². The monoisotopic (exact) mass is 359 g/mol. The number of para-hydroxylation sites is 1. The molecule has 1 aromatic carbocycles. The summed E-state index contributed by atoms with van der Waals surface area (Å²) in [6, 6.07) is 10.3. The predicted molar refractivity (Wildman–Crippen MR) is 99.3 cm³/mol. The first-order chi connectivity index (χ1) is 12.3. The summed E-state index contributed by atoms with van der Waals surface area (Å²) < 4.78 is 10.3. The topological polar surface area (TPSA) is 38.5 Å². The van der Waals surface area contributed by atoms with E-state index in [2.05, 4.69) is 38.6 Å². The summed E-state index contributed by atoms with van der Waals surface area (Å²) in [7, 11) is 0. The fourth-order valence-electron chi connectivity index (χ4n) is 3.56. The minimum absolute atomic E-state index is 0.731. The quantitative estimate of drug-likeness (QED) is 0.766. The number of ether oxygens (including phenoxy) is 1. The van der Waals surface area contributed by atoms with Crippen molar-refractivity contribution in [3.8, 4) is 5.69 Å². The van der Waals surface area contributed by atoms with Gasteiger partial charge in [-0.05, 0) is 50.3 Å². The van der Waals surface area contributed by atoms with Gasteiger partial charge in [0.25, 0.3) is 0 Å². The van der Waals surface area contributed by atoms with Gasteiger partial charge in [0.15, 0.2) is 5.82 Å². The lowest BCUT2D eigenvalue weighted by Gasteiger charge is -2.26. The minimum Gasteiger partial charge on any atom is -0.379 e.